The van der Waals surface area contributed by atoms with E-state index in [0.29, 0.717) is 25.6 Å². The summed E-state index contributed by atoms with van der Waals surface area (Å²) in [6.45, 7) is 7.95. The molecule has 0 bridgehead atoms. The Hall–Kier alpha value is -2.00. The number of aliphatic imine (C=N–C) groups is 1. The van der Waals surface area contributed by atoms with Gasteiger partial charge in [0.1, 0.15) is 0 Å². The van der Waals surface area contributed by atoms with E-state index in [1.54, 1.807) is 0 Å². The molecule has 1 amide bonds. The molecule has 10 heteroatoms. The van der Waals surface area contributed by atoms with Gasteiger partial charge in [-0.25, -0.2) is 4.79 Å². The van der Waals surface area contributed by atoms with Crippen molar-refractivity contribution in [2.45, 2.75) is 39.0 Å². The van der Waals surface area contributed by atoms with Crippen molar-refractivity contribution in [3.8, 4) is 0 Å². The van der Waals surface area contributed by atoms with Gasteiger partial charge in [-0.15, -0.1) is 24.8 Å². The molecule has 3 heterocycles. The molecule has 39 heavy (non-hydrogen) atoms. The Bertz CT molecular complexity index is 1190. The van der Waals surface area contributed by atoms with E-state index in [9.17, 15) is 14.7 Å². The molecule has 0 radical (unpaired) electrons. The summed E-state index contributed by atoms with van der Waals surface area (Å²) >= 11 is 1.32. The van der Waals surface area contributed by atoms with E-state index >= 15 is 0 Å². The summed E-state index contributed by atoms with van der Waals surface area (Å²) < 4.78 is 0. The van der Waals surface area contributed by atoms with Crippen molar-refractivity contribution in [3.05, 3.63) is 57.2 Å². The van der Waals surface area contributed by atoms with Crippen LogP contribution in [-0.4, -0.2) is 89.1 Å². The highest BCUT2D eigenvalue weighted by molar-refractivity contribution is 8.19. The van der Waals surface area contributed by atoms with Gasteiger partial charge in [-0.1, -0.05) is 56.2 Å². The molecule has 0 aromatic rings. The zero-order valence-electron chi connectivity index (χ0n) is 22.4. The zero-order valence-corrected chi connectivity index (χ0v) is 24.9. The number of carbonyl (C=O) groups is 2. The number of amides is 1. The third kappa shape index (κ3) is 5.76. The van der Waals surface area contributed by atoms with E-state index in [2.05, 4.69) is 46.1 Å². The minimum absolute atomic E-state index is 0. The zero-order chi connectivity index (χ0) is 25.5. The molecule has 212 valence electrons. The topological polar surface area (TPSA) is 76.5 Å². The Morgan fingerprint density at radius 2 is 1.82 bits per heavy atom. The molecule has 6 aliphatic rings. The van der Waals surface area contributed by atoms with Gasteiger partial charge in [0.2, 0.25) is 5.91 Å². The van der Waals surface area contributed by atoms with Crippen LogP contribution >= 0.6 is 36.6 Å². The van der Waals surface area contributed by atoms with Crippen LogP contribution in [0.1, 0.15) is 39.0 Å². The lowest BCUT2D eigenvalue weighted by atomic mass is 9.80. The molecule has 1 saturated heterocycles. The number of halogens is 2. The van der Waals surface area contributed by atoms with Crippen LogP contribution in [0.5, 0.6) is 0 Å². The largest absolute Gasteiger partial charge is 0.476 e. The minimum atomic E-state index is -0.957. The van der Waals surface area contributed by atoms with Crippen molar-refractivity contribution < 1.29 is 14.7 Å². The van der Waals surface area contributed by atoms with E-state index < -0.39 is 5.97 Å². The fourth-order valence-corrected chi connectivity index (χ4v) is 7.78. The molecule has 7 nitrogen and oxygen atoms in total. The Kier molecular flexibility index (Phi) is 9.74. The van der Waals surface area contributed by atoms with Crippen molar-refractivity contribution in [2.24, 2.45) is 16.8 Å². The smallest absolute Gasteiger partial charge is 0.361 e. The maximum Gasteiger partial charge on any atom is 0.361 e. The van der Waals surface area contributed by atoms with E-state index in [1.165, 1.54) is 66.2 Å². The molecule has 1 N–H and O–H groups in total. The third-order valence-electron chi connectivity index (χ3n) is 8.70. The molecule has 1 unspecified atom stereocenters. The molecule has 1 atom stereocenters. The maximum absolute atomic E-state index is 13.4. The van der Waals surface area contributed by atoms with Crippen molar-refractivity contribution >= 4 is 53.5 Å². The average Bonchev–Trinajstić information content (AvgIpc) is 3.46. The van der Waals surface area contributed by atoms with Crippen molar-refractivity contribution in [2.75, 3.05) is 52.4 Å². The summed E-state index contributed by atoms with van der Waals surface area (Å²) in [5.41, 5.74) is 6.42. The van der Waals surface area contributed by atoms with E-state index in [4.69, 9.17) is 0 Å². The number of allylic oxidation sites excluding steroid dienone is 7. The highest BCUT2D eigenvalue weighted by atomic mass is 35.5. The van der Waals surface area contributed by atoms with Gasteiger partial charge < -0.3 is 19.8 Å². The predicted molar refractivity (Wildman–Crippen MR) is 162 cm³/mol. The fourth-order valence-electron chi connectivity index (χ4n) is 6.77. The standard InChI is InChI=1S/C29H36N4O3S.2ClH/c1-2-31-11-13-33(14-12-31)24(34)18-32-16-20-15-30-28(29(35)36)37-27(20)26-23(17-32)21-9-6-10-22(21)25(26)19-7-4-3-5-8-19;;/h6,9-10,17,19,21H,2-5,7-8,11-16,18H2,1H3,(H,35,36);2*1H. The summed E-state index contributed by atoms with van der Waals surface area (Å²) in [7, 11) is 0. The van der Waals surface area contributed by atoms with Crippen LogP contribution < -0.4 is 0 Å². The van der Waals surface area contributed by atoms with Crippen LogP contribution in [0, 0.1) is 11.8 Å². The lowest BCUT2D eigenvalue weighted by Gasteiger charge is -2.35. The fraction of sp³-hybridized carbons (Fsp3) is 0.552. The SMILES string of the molecule is CCN1CCN(C(=O)CN2C=C3C(=C(C4CCCCC4)C4=CC=CC34)C3=C(CN=C(C(=O)O)S3)C2)CC1.Cl.Cl. The number of hydrogen-bond acceptors (Lipinski definition) is 6. The van der Waals surface area contributed by atoms with Crippen molar-refractivity contribution in [1.29, 1.82) is 0 Å². The molecular weight excluding hydrogens is 555 g/mol. The number of piperazine rings is 1. The van der Waals surface area contributed by atoms with Gasteiger partial charge >= 0.3 is 5.97 Å². The quantitative estimate of drug-likeness (QED) is 0.499. The number of nitrogens with zero attached hydrogens (tertiary/aromatic N) is 4. The molecule has 0 aromatic heterocycles. The second-order valence-electron chi connectivity index (χ2n) is 10.9. The second kappa shape index (κ2) is 12.7. The molecule has 3 aliphatic carbocycles. The van der Waals surface area contributed by atoms with Crippen LogP contribution in [0.4, 0.5) is 0 Å². The highest BCUT2D eigenvalue weighted by Gasteiger charge is 2.42. The predicted octanol–water partition coefficient (Wildman–Crippen LogP) is 4.68. The van der Waals surface area contributed by atoms with Gasteiger partial charge in [0.05, 0.1) is 13.1 Å². The number of hydrogen-bond donors (Lipinski definition) is 1. The Morgan fingerprint density at radius 3 is 2.51 bits per heavy atom. The summed E-state index contributed by atoms with van der Waals surface area (Å²) in [6, 6.07) is 0. The molecule has 1 saturated carbocycles. The lowest BCUT2D eigenvalue weighted by Crippen LogP contribution is -2.50. The van der Waals surface area contributed by atoms with Gasteiger partial charge in [-0.05, 0) is 53.2 Å². The van der Waals surface area contributed by atoms with Crippen LogP contribution in [0.15, 0.2) is 62.2 Å². The van der Waals surface area contributed by atoms with Crippen LogP contribution in [0.3, 0.4) is 0 Å². The number of thioether (sulfide) groups is 1. The molecule has 0 aromatic carbocycles. The van der Waals surface area contributed by atoms with E-state index in [0.717, 1.165) is 43.2 Å². The van der Waals surface area contributed by atoms with Gasteiger partial charge in [-0.2, -0.15) is 0 Å². The third-order valence-corrected chi connectivity index (χ3v) is 9.90. The van der Waals surface area contributed by atoms with Gasteiger partial charge in [0, 0.05) is 49.7 Å². The number of rotatable bonds is 5. The monoisotopic (exact) mass is 592 g/mol. The number of aliphatic carboxylic acids is 1. The molecule has 2 fully saturated rings. The minimum Gasteiger partial charge on any atom is -0.476 e. The molecule has 6 rings (SSSR count). The Morgan fingerprint density at radius 1 is 1.08 bits per heavy atom. The summed E-state index contributed by atoms with van der Waals surface area (Å²) in [4.78, 5) is 37.4. The first-order chi connectivity index (χ1) is 18.0. The molecular formula is C29H38Cl2N4O3S. The molecule has 0 spiro atoms. The number of carboxylic acids is 1. The lowest BCUT2D eigenvalue weighted by molar-refractivity contribution is -0.133. The Balaban J connectivity index is 0.00000176. The number of likely N-dealkylation sites (N-methyl/N-ethyl adjacent to an activating group) is 1. The summed E-state index contributed by atoms with van der Waals surface area (Å²) in [5, 5.41) is 9.95. The van der Waals surface area contributed by atoms with E-state index in [1.807, 2.05) is 4.90 Å². The first-order valence-corrected chi connectivity index (χ1v) is 14.6. The Labute approximate surface area is 247 Å². The number of carboxylic acid groups (broad SMARTS) is 1. The number of fused-ring (bicyclic) bond motifs is 4. The molecule has 3 aliphatic heterocycles. The number of carbonyl (C=O) groups excluding carboxylic acids is 1. The van der Waals surface area contributed by atoms with Gasteiger partial charge in [-0.3, -0.25) is 9.79 Å². The van der Waals surface area contributed by atoms with Crippen LogP contribution in [0.2, 0.25) is 0 Å². The normalized spacial score (nSPS) is 25.1. The van der Waals surface area contributed by atoms with Gasteiger partial charge in [0.15, 0.2) is 5.04 Å². The maximum atomic E-state index is 13.4. The van der Waals surface area contributed by atoms with Crippen molar-refractivity contribution in [3.63, 3.8) is 0 Å². The van der Waals surface area contributed by atoms with Gasteiger partial charge in [0.25, 0.3) is 0 Å². The van der Waals surface area contributed by atoms with Crippen LogP contribution in [0.25, 0.3) is 0 Å². The van der Waals surface area contributed by atoms with Crippen LogP contribution in [-0.2, 0) is 9.59 Å². The second-order valence-corrected chi connectivity index (χ2v) is 11.9. The van der Waals surface area contributed by atoms with Crippen molar-refractivity contribution in [1.82, 2.24) is 14.7 Å². The first-order valence-electron chi connectivity index (χ1n) is 13.8. The highest BCUT2D eigenvalue weighted by Crippen LogP contribution is 2.55. The summed E-state index contributed by atoms with van der Waals surface area (Å²) in [6.07, 6.45) is 15.1. The van der Waals surface area contributed by atoms with E-state index in [-0.39, 0.29) is 41.7 Å². The summed E-state index contributed by atoms with van der Waals surface area (Å²) in [5.74, 6) is -0.0876. The average molecular weight is 594 g/mol. The first kappa shape index (κ1) is 30.0.